The largest absolute Gasteiger partial charge is 0.304 e. The molecule has 0 spiro atoms. The first-order valence-corrected chi connectivity index (χ1v) is 6.88. The molecule has 1 heterocycles. The van der Waals surface area contributed by atoms with E-state index in [4.69, 9.17) is 10.7 Å². The zero-order chi connectivity index (χ0) is 11.4. The summed E-state index contributed by atoms with van der Waals surface area (Å²) in [5.74, 6) is 0.974. The van der Waals surface area contributed by atoms with E-state index in [-0.39, 0.29) is 16.5 Å². The molecule has 0 aliphatic heterocycles. The molecule has 1 aliphatic carbocycles. The smallest absolute Gasteiger partial charge is 0.296 e. The van der Waals surface area contributed by atoms with Gasteiger partial charge in [0.2, 0.25) is 0 Å². The second-order valence-electron chi connectivity index (χ2n) is 4.58. The SMILES string of the molecule is Cn1c(C2CC2(C)C)nnc1S(=O)(=O)Cl. The van der Waals surface area contributed by atoms with Crippen LogP contribution < -0.4 is 0 Å². The first kappa shape index (κ1) is 10.9. The Hall–Kier alpha value is -0.620. The molecular weight excluding hydrogens is 238 g/mol. The fourth-order valence-electron chi connectivity index (χ4n) is 1.75. The van der Waals surface area contributed by atoms with E-state index < -0.39 is 9.05 Å². The first-order valence-electron chi connectivity index (χ1n) is 4.57. The lowest BCUT2D eigenvalue weighted by molar-refractivity contribution is 0.577. The Bertz CT molecular complexity index is 506. The summed E-state index contributed by atoms with van der Waals surface area (Å²) in [6, 6.07) is 0. The molecule has 1 aromatic heterocycles. The molecule has 1 fully saturated rings. The molecule has 0 bridgehead atoms. The third kappa shape index (κ3) is 1.76. The van der Waals surface area contributed by atoms with E-state index in [1.54, 1.807) is 7.05 Å². The van der Waals surface area contributed by atoms with Gasteiger partial charge in [-0.1, -0.05) is 13.8 Å². The summed E-state index contributed by atoms with van der Waals surface area (Å²) in [5, 5.41) is 7.32. The molecular formula is C8H12ClN3O2S. The van der Waals surface area contributed by atoms with Crippen molar-refractivity contribution < 1.29 is 8.42 Å². The molecule has 1 aliphatic rings. The van der Waals surface area contributed by atoms with Crippen molar-refractivity contribution in [2.75, 3.05) is 0 Å². The summed E-state index contributed by atoms with van der Waals surface area (Å²) in [4.78, 5) is 0. The van der Waals surface area contributed by atoms with Crippen molar-refractivity contribution in [3.8, 4) is 0 Å². The summed E-state index contributed by atoms with van der Waals surface area (Å²) >= 11 is 0. The van der Waals surface area contributed by atoms with Crippen molar-refractivity contribution in [2.24, 2.45) is 12.5 Å². The number of aromatic nitrogens is 3. The third-order valence-corrected chi connectivity index (χ3v) is 4.12. The van der Waals surface area contributed by atoms with E-state index in [1.165, 1.54) is 4.57 Å². The average Bonchev–Trinajstić information content (AvgIpc) is 2.52. The zero-order valence-electron chi connectivity index (χ0n) is 8.73. The van der Waals surface area contributed by atoms with Crippen LogP contribution in [0, 0.1) is 5.41 Å². The molecule has 0 aromatic carbocycles. The monoisotopic (exact) mass is 249 g/mol. The molecule has 0 N–H and O–H groups in total. The van der Waals surface area contributed by atoms with Crippen LogP contribution in [-0.2, 0) is 16.1 Å². The van der Waals surface area contributed by atoms with Gasteiger partial charge in [0.05, 0.1) is 0 Å². The predicted molar refractivity (Wildman–Crippen MR) is 55.2 cm³/mol. The van der Waals surface area contributed by atoms with E-state index in [0.717, 1.165) is 6.42 Å². The van der Waals surface area contributed by atoms with Crippen LogP contribution in [0.1, 0.15) is 32.0 Å². The molecule has 15 heavy (non-hydrogen) atoms. The summed E-state index contributed by atoms with van der Waals surface area (Å²) in [7, 11) is 3.05. The van der Waals surface area contributed by atoms with Gasteiger partial charge in [-0.2, -0.15) is 0 Å². The highest BCUT2D eigenvalue weighted by atomic mass is 35.7. The Morgan fingerprint density at radius 1 is 1.47 bits per heavy atom. The Kier molecular flexibility index (Phi) is 2.14. The van der Waals surface area contributed by atoms with Crippen LogP contribution >= 0.6 is 10.7 Å². The van der Waals surface area contributed by atoms with Crippen molar-refractivity contribution in [1.82, 2.24) is 14.8 Å². The molecule has 1 saturated carbocycles. The molecule has 0 radical (unpaired) electrons. The molecule has 2 rings (SSSR count). The second kappa shape index (κ2) is 2.95. The molecule has 0 saturated heterocycles. The van der Waals surface area contributed by atoms with Crippen LogP contribution in [0.4, 0.5) is 0 Å². The van der Waals surface area contributed by atoms with Crippen molar-refractivity contribution >= 4 is 19.7 Å². The normalized spacial score (nSPS) is 24.1. The van der Waals surface area contributed by atoms with Crippen molar-refractivity contribution in [3.05, 3.63) is 5.82 Å². The first-order chi connectivity index (χ1) is 6.73. The molecule has 1 unspecified atom stereocenters. The standard InChI is InChI=1S/C8H12ClN3O2S/c1-8(2)4-5(8)6-10-11-7(12(6)3)15(9,13)14/h5H,4H2,1-3H3. The summed E-state index contributed by atoms with van der Waals surface area (Å²) in [6.07, 6.45) is 1.00. The Balaban J connectivity index is 2.42. The Labute approximate surface area is 92.9 Å². The second-order valence-corrected chi connectivity index (χ2v) is 7.04. The third-order valence-electron chi connectivity index (χ3n) is 2.91. The highest BCUT2D eigenvalue weighted by molar-refractivity contribution is 8.13. The Morgan fingerprint density at radius 2 is 2.00 bits per heavy atom. The van der Waals surface area contributed by atoms with E-state index in [1.807, 2.05) is 0 Å². The van der Waals surface area contributed by atoms with Gasteiger partial charge in [0.25, 0.3) is 14.2 Å². The van der Waals surface area contributed by atoms with Gasteiger partial charge in [-0.25, -0.2) is 8.42 Å². The lowest BCUT2D eigenvalue weighted by Crippen LogP contribution is -2.05. The van der Waals surface area contributed by atoms with Crippen LogP contribution in [0.2, 0.25) is 0 Å². The van der Waals surface area contributed by atoms with Crippen LogP contribution in [0.5, 0.6) is 0 Å². The van der Waals surface area contributed by atoms with Crippen LogP contribution in [0.15, 0.2) is 5.16 Å². The minimum Gasteiger partial charge on any atom is -0.304 e. The van der Waals surface area contributed by atoms with Crippen molar-refractivity contribution in [1.29, 1.82) is 0 Å². The molecule has 0 amide bonds. The van der Waals surface area contributed by atoms with E-state index in [0.29, 0.717) is 5.82 Å². The number of rotatable bonds is 2. The lowest BCUT2D eigenvalue weighted by atomic mass is 10.1. The number of hydrogen-bond donors (Lipinski definition) is 0. The van der Waals surface area contributed by atoms with Gasteiger partial charge in [0.15, 0.2) is 0 Å². The number of halogens is 1. The van der Waals surface area contributed by atoms with Gasteiger partial charge in [-0.05, 0) is 11.8 Å². The van der Waals surface area contributed by atoms with Gasteiger partial charge in [0.1, 0.15) is 5.82 Å². The fraction of sp³-hybridized carbons (Fsp3) is 0.750. The fourth-order valence-corrected chi connectivity index (χ4v) is 2.71. The minimum atomic E-state index is -3.79. The number of nitrogens with zero attached hydrogens (tertiary/aromatic N) is 3. The van der Waals surface area contributed by atoms with Crippen molar-refractivity contribution in [2.45, 2.75) is 31.3 Å². The molecule has 1 atom stereocenters. The predicted octanol–water partition coefficient (Wildman–Crippen LogP) is 1.26. The molecule has 1 aromatic rings. The van der Waals surface area contributed by atoms with Gasteiger partial charge in [-0.3, -0.25) is 0 Å². The van der Waals surface area contributed by atoms with E-state index in [9.17, 15) is 8.42 Å². The van der Waals surface area contributed by atoms with Crippen LogP contribution in [0.25, 0.3) is 0 Å². The average molecular weight is 250 g/mol. The summed E-state index contributed by atoms with van der Waals surface area (Å²) < 4.78 is 23.7. The molecule has 84 valence electrons. The maximum Gasteiger partial charge on any atom is 0.296 e. The molecule has 5 nitrogen and oxygen atoms in total. The van der Waals surface area contributed by atoms with E-state index in [2.05, 4.69) is 24.0 Å². The summed E-state index contributed by atoms with van der Waals surface area (Å²) in [6.45, 7) is 4.22. The summed E-state index contributed by atoms with van der Waals surface area (Å²) in [5.41, 5.74) is 0.189. The minimum absolute atomic E-state index is 0.179. The highest BCUT2D eigenvalue weighted by Gasteiger charge is 2.49. The zero-order valence-corrected chi connectivity index (χ0v) is 10.3. The number of hydrogen-bond acceptors (Lipinski definition) is 4. The maximum absolute atomic E-state index is 11.1. The highest BCUT2D eigenvalue weighted by Crippen LogP contribution is 2.57. The van der Waals surface area contributed by atoms with Crippen LogP contribution in [0.3, 0.4) is 0 Å². The van der Waals surface area contributed by atoms with Crippen LogP contribution in [-0.4, -0.2) is 23.2 Å². The van der Waals surface area contributed by atoms with Gasteiger partial charge < -0.3 is 4.57 Å². The van der Waals surface area contributed by atoms with Gasteiger partial charge in [0, 0.05) is 23.6 Å². The molecule has 7 heteroatoms. The van der Waals surface area contributed by atoms with Gasteiger partial charge in [-0.15, -0.1) is 10.2 Å². The topological polar surface area (TPSA) is 64.8 Å². The quantitative estimate of drug-likeness (QED) is 0.740. The van der Waals surface area contributed by atoms with E-state index >= 15 is 0 Å². The van der Waals surface area contributed by atoms with Crippen molar-refractivity contribution in [3.63, 3.8) is 0 Å². The van der Waals surface area contributed by atoms with Gasteiger partial charge >= 0.3 is 0 Å². The maximum atomic E-state index is 11.1. The Morgan fingerprint density at radius 3 is 2.33 bits per heavy atom. The lowest BCUT2D eigenvalue weighted by Gasteiger charge is -2.03.